The third-order valence-corrected chi connectivity index (χ3v) is 3.29. The molecule has 0 bridgehead atoms. The van der Waals surface area contributed by atoms with Crippen molar-refractivity contribution in [2.45, 2.75) is 26.2 Å². The molecule has 1 aliphatic rings. The molecule has 2 rings (SSSR count). The summed E-state index contributed by atoms with van der Waals surface area (Å²) >= 11 is 0. The molecule has 1 saturated heterocycles. The number of aromatic nitrogens is 1. The molecule has 2 heterocycles. The summed E-state index contributed by atoms with van der Waals surface area (Å²) < 4.78 is 0. The predicted octanol–water partition coefficient (Wildman–Crippen LogP) is 1.45. The minimum absolute atomic E-state index is 0.0343. The van der Waals surface area contributed by atoms with Gasteiger partial charge < -0.3 is 20.3 Å². The van der Waals surface area contributed by atoms with E-state index in [1.807, 2.05) is 0 Å². The second kappa shape index (κ2) is 5.88. The highest BCUT2D eigenvalue weighted by atomic mass is 16.4. The summed E-state index contributed by atoms with van der Waals surface area (Å²) in [6.07, 6.45) is 2.78. The zero-order valence-electron chi connectivity index (χ0n) is 11.0. The Morgan fingerprint density at radius 3 is 2.74 bits per heavy atom. The van der Waals surface area contributed by atoms with E-state index in [4.69, 9.17) is 5.11 Å². The summed E-state index contributed by atoms with van der Waals surface area (Å²) in [7, 11) is 0. The molecule has 6 heteroatoms. The van der Waals surface area contributed by atoms with Gasteiger partial charge in [0.05, 0.1) is 5.69 Å². The Hall–Kier alpha value is -1.82. The predicted molar refractivity (Wildman–Crippen MR) is 71.4 cm³/mol. The Balaban J connectivity index is 1.89. The first-order valence-corrected chi connectivity index (χ1v) is 6.51. The lowest BCUT2D eigenvalue weighted by Crippen LogP contribution is -2.25. The van der Waals surface area contributed by atoms with E-state index in [0.717, 1.165) is 19.6 Å². The van der Waals surface area contributed by atoms with Gasteiger partial charge in [-0.1, -0.05) is 0 Å². The molecule has 0 atom stereocenters. The highest BCUT2D eigenvalue weighted by Crippen LogP contribution is 2.17. The maximum atomic E-state index is 11.8. The number of carbonyl (C=O) groups excluding carboxylic acids is 1. The van der Waals surface area contributed by atoms with Crippen LogP contribution in [0.15, 0.2) is 6.07 Å². The minimum atomic E-state index is -1.07. The number of likely N-dealkylation sites (tertiary alicyclic amines) is 1. The number of hydrogen-bond donors (Lipinski definition) is 3. The molecule has 0 radical (unpaired) electrons. The third kappa shape index (κ3) is 3.57. The molecule has 104 valence electrons. The van der Waals surface area contributed by atoms with E-state index >= 15 is 0 Å². The number of rotatable bonds is 5. The minimum Gasteiger partial charge on any atom is -0.477 e. The van der Waals surface area contributed by atoms with Gasteiger partial charge in [0.1, 0.15) is 5.69 Å². The van der Waals surface area contributed by atoms with Gasteiger partial charge in [0, 0.05) is 18.7 Å². The Morgan fingerprint density at radius 1 is 1.42 bits per heavy atom. The molecule has 1 amide bonds. The molecule has 0 spiro atoms. The molecule has 1 aromatic heterocycles. The summed E-state index contributed by atoms with van der Waals surface area (Å²) in [6, 6.07) is 1.64. The lowest BCUT2D eigenvalue weighted by Gasteiger charge is -2.13. The summed E-state index contributed by atoms with van der Waals surface area (Å²) in [5.41, 5.74) is 1.09. The first-order valence-electron chi connectivity index (χ1n) is 6.51. The van der Waals surface area contributed by atoms with E-state index in [1.54, 1.807) is 13.0 Å². The number of nitrogens with zero attached hydrogens (tertiary/aromatic N) is 1. The number of aromatic amines is 1. The molecule has 0 unspecified atom stereocenters. The normalized spacial score (nSPS) is 15.6. The van der Waals surface area contributed by atoms with Gasteiger partial charge in [-0.3, -0.25) is 4.79 Å². The SMILES string of the molecule is Cc1cc(NC(=O)CCN2CCCC2)c(C(=O)O)[nH]1. The van der Waals surface area contributed by atoms with Crippen molar-refractivity contribution in [2.75, 3.05) is 25.0 Å². The van der Waals surface area contributed by atoms with Crippen LogP contribution >= 0.6 is 0 Å². The van der Waals surface area contributed by atoms with E-state index in [-0.39, 0.29) is 11.6 Å². The third-order valence-electron chi connectivity index (χ3n) is 3.29. The topological polar surface area (TPSA) is 85.4 Å². The molecular formula is C13H19N3O3. The Bertz CT molecular complexity index is 475. The Kier molecular flexibility index (Phi) is 4.21. The Morgan fingerprint density at radius 2 is 2.11 bits per heavy atom. The van der Waals surface area contributed by atoms with E-state index in [2.05, 4.69) is 15.2 Å². The van der Waals surface area contributed by atoms with E-state index in [9.17, 15) is 9.59 Å². The van der Waals surface area contributed by atoms with Crippen LogP contribution in [-0.2, 0) is 4.79 Å². The molecule has 0 aliphatic carbocycles. The monoisotopic (exact) mass is 265 g/mol. The van der Waals surface area contributed by atoms with Crippen LogP contribution in [0.4, 0.5) is 5.69 Å². The van der Waals surface area contributed by atoms with Gasteiger partial charge in [-0.05, 0) is 38.9 Å². The van der Waals surface area contributed by atoms with E-state index in [1.165, 1.54) is 12.8 Å². The highest BCUT2D eigenvalue weighted by molar-refractivity contribution is 5.99. The van der Waals surface area contributed by atoms with Gasteiger partial charge in [-0.25, -0.2) is 4.79 Å². The van der Waals surface area contributed by atoms with Crippen LogP contribution in [0.2, 0.25) is 0 Å². The van der Waals surface area contributed by atoms with Crippen LogP contribution in [0.5, 0.6) is 0 Å². The van der Waals surface area contributed by atoms with Crippen LogP contribution in [0, 0.1) is 6.92 Å². The second-order valence-corrected chi connectivity index (χ2v) is 4.89. The van der Waals surface area contributed by atoms with Gasteiger partial charge in [-0.2, -0.15) is 0 Å². The van der Waals surface area contributed by atoms with Gasteiger partial charge in [0.15, 0.2) is 0 Å². The van der Waals surface area contributed by atoms with Crippen molar-refractivity contribution in [3.05, 3.63) is 17.5 Å². The van der Waals surface area contributed by atoms with E-state index < -0.39 is 5.97 Å². The van der Waals surface area contributed by atoms with E-state index in [0.29, 0.717) is 17.8 Å². The molecule has 1 fully saturated rings. The zero-order valence-corrected chi connectivity index (χ0v) is 11.0. The first-order chi connectivity index (χ1) is 9.06. The van der Waals surface area contributed by atoms with Crippen LogP contribution in [0.1, 0.15) is 35.4 Å². The molecule has 19 heavy (non-hydrogen) atoms. The summed E-state index contributed by atoms with van der Waals surface area (Å²) in [5.74, 6) is -1.21. The highest BCUT2D eigenvalue weighted by Gasteiger charge is 2.17. The average molecular weight is 265 g/mol. The summed E-state index contributed by atoms with van der Waals surface area (Å²) in [6.45, 7) is 4.60. The van der Waals surface area contributed by atoms with Crippen molar-refractivity contribution in [1.29, 1.82) is 0 Å². The van der Waals surface area contributed by atoms with Crippen molar-refractivity contribution in [3.8, 4) is 0 Å². The zero-order chi connectivity index (χ0) is 13.8. The van der Waals surface area contributed by atoms with Gasteiger partial charge in [0.2, 0.25) is 5.91 Å². The second-order valence-electron chi connectivity index (χ2n) is 4.89. The molecule has 6 nitrogen and oxygen atoms in total. The number of aryl methyl sites for hydroxylation is 1. The molecule has 0 saturated carbocycles. The number of carboxylic acids is 1. The van der Waals surface area contributed by atoms with Crippen molar-refractivity contribution >= 4 is 17.6 Å². The number of anilines is 1. The van der Waals surface area contributed by atoms with Crippen LogP contribution in [0.25, 0.3) is 0 Å². The van der Waals surface area contributed by atoms with Crippen molar-refractivity contribution in [1.82, 2.24) is 9.88 Å². The fourth-order valence-electron chi connectivity index (χ4n) is 2.34. The maximum absolute atomic E-state index is 11.8. The lowest BCUT2D eigenvalue weighted by atomic mass is 10.3. The number of carboxylic acid groups (broad SMARTS) is 1. The standard InChI is InChI=1S/C13H19N3O3/c1-9-8-10(12(14-9)13(18)19)15-11(17)4-7-16-5-2-3-6-16/h8,14H,2-7H2,1H3,(H,15,17)(H,18,19). The number of carbonyl (C=O) groups is 2. The van der Waals surface area contributed by atoms with Crippen molar-refractivity contribution in [3.63, 3.8) is 0 Å². The molecule has 1 aromatic rings. The quantitative estimate of drug-likeness (QED) is 0.752. The summed E-state index contributed by atoms with van der Waals surface area (Å²) in [5, 5.41) is 11.7. The van der Waals surface area contributed by atoms with Crippen LogP contribution in [-0.4, -0.2) is 46.5 Å². The Labute approximate surface area is 111 Å². The van der Waals surface area contributed by atoms with Crippen LogP contribution < -0.4 is 5.32 Å². The van der Waals surface area contributed by atoms with Crippen molar-refractivity contribution < 1.29 is 14.7 Å². The molecular weight excluding hydrogens is 246 g/mol. The van der Waals surface area contributed by atoms with Crippen LogP contribution in [0.3, 0.4) is 0 Å². The fourth-order valence-corrected chi connectivity index (χ4v) is 2.34. The molecule has 1 aliphatic heterocycles. The maximum Gasteiger partial charge on any atom is 0.354 e. The number of nitrogens with one attached hydrogen (secondary N) is 2. The number of H-pyrrole nitrogens is 1. The van der Waals surface area contributed by atoms with Gasteiger partial charge in [0.25, 0.3) is 0 Å². The lowest BCUT2D eigenvalue weighted by molar-refractivity contribution is -0.116. The van der Waals surface area contributed by atoms with Gasteiger partial charge >= 0.3 is 5.97 Å². The average Bonchev–Trinajstić information content (AvgIpc) is 2.96. The molecule has 0 aromatic carbocycles. The first kappa shape index (κ1) is 13.6. The fraction of sp³-hybridized carbons (Fsp3) is 0.538. The smallest absolute Gasteiger partial charge is 0.354 e. The molecule has 3 N–H and O–H groups in total. The number of hydrogen-bond acceptors (Lipinski definition) is 3. The van der Waals surface area contributed by atoms with Crippen molar-refractivity contribution in [2.24, 2.45) is 0 Å². The number of amides is 1. The largest absolute Gasteiger partial charge is 0.477 e. The van der Waals surface area contributed by atoms with Gasteiger partial charge in [-0.15, -0.1) is 0 Å². The summed E-state index contributed by atoms with van der Waals surface area (Å²) in [4.78, 5) is 27.8. The number of aromatic carboxylic acids is 1.